The van der Waals surface area contributed by atoms with E-state index in [1.165, 1.54) is 51.0 Å². The van der Waals surface area contributed by atoms with Crippen molar-refractivity contribution < 1.29 is 19.4 Å². The van der Waals surface area contributed by atoms with Crippen molar-refractivity contribution in [2.75, 3.05) is 32.2 Å². The lowest BCUT2D eigenvalue weighted by atomic mass is 10.1. The van der Waals surface area contributed by atoms with Gasteiger partial charge in [-0.3, -0.25) is 4.79 Å². The summed E-state index contributed by atoms with van der Waals surface area (Å²) < 4.78 is 10.3. The second-order valence-electron chi connectivity index (χ2n) is 6.21. The van der Waals surface area contributed by atoms with E-state index in [1.807, 2.05) is 12.1 Å². The van der Waals surface area contributed by atoms with Crippen molar-refractivity contribution in [2.45, 2.75) is 12.8 Å². The minimum absolute atomic E-state index is 0.137. The summed E-state index contributed by atoms with van der Waals surface area (Å²) in [5.41, 5.74) is 2.32. The highest BCUT2D eigenvalue weighted by molar-refractivity contribution is 6.09. The molecule has 1 N–H and O–H groups in total. The Hall–Kier alpha value is -2.95. The highest BCUT2D eigenvalue weighted by Crippen LogP contribution is 2.34. The summed E-state index contributed by atoms with van der Waals surface area (Å²) in [7, 11) is 2.96. The molecule has 5 nitrogen and oxygen atoms in total. The Morgan fingerprint density at radius 1 is 1.04 bits per heavy atom. The topological polar surface area (TPSA) is 59.0 Å². The first-order valence-electron chi connectivity index (χ1n) is 8.65. The lowest BCUT2D eigenvalue weighted by Crippen LogP contribution is -2.17. The Balaban J connectivity index is 1.75. The fraction of sp³-hybridized carbons (Fsp3) is 0.286. The van der Waals surface area contributed by atoms with E-state index in [-0.39, 0.29) is 17.1 Å². The quantitative estimate of drug-likeness (QED) is 0.630. The summed E-state index contributed by atoms with van der Waals surface area (Å²) in [4.78, 5) is 14.8. The number of carbonyl (C=O) groups excluding carboxylic acids is 1. The van der Waals surface area contributed by atoms with Gasteiger partial charge < -0.3 is 19.5 Å². The van der Waals surface area contributed by atoms with Crippen LogP contribution in [0.2, 0.25) is 0 Å². The minimum Gasteiger partial charge on any atom is -0.507 e. The van der Waals surface area contributed by atoms with E-state index in [4.69, 9.17) is 9.47 Å². The number of anilines is 1. The van der Waals surface area contributed by atoms with E-state index in [2.05, 4.69) is 17.0 Å². The molecule has 2 aromatic carbocycles. The molecule has 1 saturated heterocycles. The third-order valence-electron chi connectivity index (χ3n) is 4.56. The molecule has 26 heavy (non-hydrogen) atoms. The van der Waals surface area contributed by atoms with Crippen LogP contribution in [0.1, 0.15) is 28.8 Å². The molecule has 0 amide bonds. The number of carbonyl (C=O) groups is 1. The Bertz CT molecular complexity index is 806. The van der Waals surface area contributed by atoms with Crippen molar-refractivity contribution in [3.8, 4) is 17.2 Å². The Labute approximate surface area is 153 Å². The fourth-order valence-corrected chi connectivity index (χ4v) is 3.10. The molecule has 0 aliphatic carbocycles. The summed E-state index contributed by atoms with van der Waals surface area (Å²) in [6.45, 7) is 2.21. The average molecular weight is 353 g/mol. The predicted molar refractivity (Wildman–Crippen MR) is 102 cm³/mol. The van der Waals surface area contributed by atoms with Gasteiger partial charge in [-0.1, -0.05) is 18.2 Å². The lowest BCUT2D eigenvalue weighted by Gasteiger charge is -2.17. The molecule has 3 rings (SSSR count). The van der Waals surface area contributed by atoms with E-state index in [1.54, 1.807) is 6.08 Å². The van der Waals surface area contributed by atoms with E-state index in [0.29, 0.717) is 11.5 Å². The van der Waals surface area contributed by atoms with Crippen LogP contribution >= 0.6 is 0 Å². The number of rotatable bonds is 6. The van der Waals surface area contributed by atoms with Crippen LogP contribution < -0.4 is 14.4 Å². The second-order valence-corrected chi connectivity index (χ2v) is 6.21. The van der Waals surface area contributed by atoms with Gasteiger partial charge in [-0.25, -0.2) is 0 Å². The minimum atomic E-state index is -0.299. The van der Waals surface area contributed by atoms with Gasteiger partial charge in [0.15, 0.2) is 17.3 Å². The average Bonchev–Trinajstić information content (AvgIpc) is 3.21. The number of aromatic hydroxyl groups is 1. The lowest BCUT2D eigenvalue weighted by molar-refractivity contribution is 0.104. The SMILES string of the molecule is COc1cc(O)c(C(=O)/C=C/c2ccc(N3CCCC3)cc2)cc1OC. The normalized spacial score (nSPS) is 14.0. The number of nitrogens with zero attached hydrogens (tertiary/aromatic N) is 1. The van der Waals surface area contributed by atoms with Crippen LogP contribution in [0.25, 0.3) is 6.08 Å². The second kappa shape index (κ2) is 7.95. The van der Waals surface area contributed by atoms with Gasteiger partial charge in [0.05, 0.1) is 19.8 Å². The third-order valence-corrected chi connectivity index (χ3v) is 4.56. The van der Waals surface area contributed by atoms with E-state index < -0.39 is 0 Å². The molecule has 0 radical (unpaired) electrons. The predicted octanol–water partition coefficient (Wildman–Crippen LogP) is 3.91. The molecule has 5 heteroatoms. The molecule has 0 unspecified atom stereocenters. The van der Waals surface area contributed by atoms with E-state index in [9.17, 15) is 9.90 Å². The molecule has 0 atom stereocenters. The maximum atomic E-state index is 12.4. The number of methoxy groups -OCH3 is 2. The van der Waals surface area contributed by atoms with E-state index in [0.717, 1.165) is 18.7 Å². The monoisotopic (exact) mass is 353 g/mol. The van der Waals surface area contributed by atoms with Crippen LogP contribution in [0.5, 0.6) is 17.2 Å². The summed E-state index contributed by atoms with van der Waals surface area (Å²) in [5, 5.41) is 10.1. The van der Waals surface area contributed by atoms with Crippen molar-refractivity contribution in [3.63, 3.8) is 0 Å². The van der Waals surface area contributed by atoms with Crippen molar-refractivity contribution >= 4 is 17.5 Å². The summed E-state index contributed by atoms with van der Waals surface area (Å²) in [5.74, 6) is 0.341. The molecule has 136 valence electrons. The zero-order chi connectivity index (χ0) is 18.5. The van der Waals surface area contributed by atoms with Gasteiger partial charge in [0, 0.05) is 24.8 Å². The molecular formula is C21H23NO4. The zero-order valence-corrected chi connectivity index (χ0v) is 15.1. The van der Waals surface area contributed by atoms with Crippen molar-refractivity contribution in [2.24, 2.45) is 0 Å². The van der Waals surface area contributed by atoms with Crippen LogP contribution in [0.3, 0.4) is 0 Å². The third kappa shape index (κ3) is 3.82. The van der Waals surface area contributed by atoms with Gasteiger partial charge in [-0.2, -0.15) is 0 Å². The number of allylic oxidation sites excluding steroid dienone is 1. The fourth-order valence-electron chi connectivity index (χ4n) is 3.10. The first kappa shape index (κ1) is 17.9. The van der Waals surface area contributed by atoms with Crippen molar-refractivity contribution in [1.29, 1.82) is 0 Å². The molecule has 1 heterocycles. The molecule has 1 aliphatic heterocycles. The number of phenolic OH excluding ortho intramolecular Hbond substituents is 1. The van der Waals surface area contributed by atoms with Gasteiger partial charge in [0.2, 0.25) is 0 Å². The van der Waals surface area contributed by atoms with Crippen LogP contribution in [-0.2, 0) is 0 Å². The van der Waals surface area contributed by atoms with Crippen LogP contribution in [0, 0.1) is 0 Å². The first-order valence-corrected chi connectivity index (χ1v) is 8.65. The number of hydrogen-bond acceptors (Lipinski definition) is 5. The first-order chi connectivity index (χ1) is 12.6. The summed E-state index contributed by atoms with van der Waals surface area (Å²) >= 11 is 0. The molecule has 1 fully saturated rings. The van der Waals surface area contributed by atoms with Crippen LogP contribution in [0.15, 0.2) is 42.5 Å². The Kier molecular flexibility index (Phi) is 5.46. The molecule has 0 bridgehead atoms. The Morgan fingerprint density at radius 2 is 1.65 bits per heavy atom. The standard InChI is InChI=1S/C21H23NO4/c1-25-20-13-17(19(24)14-21(20)26-2)18(23)10-7-15-5-8-16(9-6-15)22-11-3-4-12-22/h5-10,13-14,24H,3-4,11-12H2,1-2H3/b10-7+. The van der Waals surface area contributed by atoms with Crippen molar-refractivity contribution in [1.82, 2.24) is 0 Å². The summed E-state index contributed by atoms with van der Waals surface area (Å²) in [6, 6.07) is 11.0. The maximum absolute atomic E-state index is 12.4. The number of phenols is 1. The van der Waals surface area contributed by atoms with Crippen molar-refractivity contribution in [3.05, 3.63) is 53.6 Å². The molecule has 0 saturated carbocycles. The van der Waals surface area contributed by atoms with Gasteiger partial charge in [0.25, 0.3) is 0 Å². The smallest absolute Gasteiger partial charge is 0.189 e. The number of hydrogen-bond donors (Lipinski definition) is 1. The molecule has 0 aromatic heterocycles. The zero-order valence-electron chi connectivity index (χ0n) is 15.1. The highest BCUT2D eigenvalue weighted by Gasteiger charge is 2.15. The van der Waals surface area contributed by atoms with Gasteiger partial charge in [0.1, 0.15) is 5.75 Å². The van der Waals surface area contributed by atoms with E-state index >= 15 is 0 Å². The maximum Gasteiger partial charge on any atom is 0.189 e. The van der Waals surface area contributed by atoms with Crippen LogP contribution in [-0.4, -0.2) is 38.2 Å². The molecule has 2 aromatic rings. The number of benzene rings is 2. The number of ketones is 1. The van der Waals surface area contributed by atoms with Gasteiger partial charge in [-0.15, -0.1) is 0 Å². The number of ether oxygens (including phenoxy) is 2. The molecule has 0 spiro atoms. The summed E-state index contributed by atoms with van der Waals surface area (Å²) in [6.07, 6.45) is 5.67. The molecular weight excluding hydrogens is 330 g/mol. The highest BCUT2D eigenvalue weighted by atomic mass is 16.5. The largest absolute Gasteiger partial charge is 0.507 e. The molecule has 1 aliphatic rings. The Morgan fingerprint density at radius 3 is 2.27 bits per heavy atom. The van der Waals surface area contributed by atoms with Gasteiger partial charge in [-0.05, 0) is 42.7 Å². The van der Waals surface area contributed by atoms with Gasteiger partial charge >= 0.3 is 0 Å². The van der Waals surface area contributed by atoms with Crippen LogP contribution in [0.4, 0.5) is 5.69 Å².